The summed E-state index contributed by atoms with van der Waals surface area (Å²) in [6.45, 7) is 10.4. The van der Waals surface area contributed by atoms with Gasteiger partial charge in [0.2, 0.25) is 0 Å². The lowest BCUT2D eigenvalue weighted by atomic mass is 10.3. The topological polar surface area (TPSA) is 24.9 Å². The van der Waals surface area contributed by atoms with E-state index in [0.29, 0.717) is 12.4 Å². The molecule has 0 spiro atoms. The van der Waals surface area contributed by atoms with Gasteiger partial charge in [-0.25, -0.2) is 4.39 Å². The fourth-order valence-corrected chi connectivity index (χ4v) is 2.42. The molecule has 0 aromatic heterocycles. The molecule has 0 atom stereocenters. The first-order valence-electron chi connectivity index (χ1n) is 7.68. The third-order valence-electron chi connectivity index (χ3n) is 3.69. The molecule has 4 nitrogen and oxygen atoms in total. The van der Waals surface area contributed by atoms with Crippen LogP contribution in [0.25, 0.3) is 0 Å². The first-order valence-corrected chi connectivity index (χ1v) is 7.68. The molecule has 1 aliphatic heterocycles. The Bertz CT molecular complexity index is 409. The van der Waals surface area contributed by atoms with Gasteiger partial charge in [-0.05, 0) is 19.1 Å². The van der Waals surface area contributed by atoms with Crippen LogP contribution in [0.1, 0.15) is 6.92 Å². The van der Waals surface area contributed by atoms with Crippen LogP contribution in [-0.2, 0) is 4.74 Å². The number of halogens is 1. The number of hydrogen-bond acceptors (Lipinski definition) is 4. The molecule has 1 aliphatic rings. The van der Waals surface area contributed by atoms with Gasteiger partial charge in [0.1, 0.15) is 18.2 Å². The highest BCUT2D eigenvalue weighted by molar-refractivity contribution is 5.22. The van der Waals surface area contributed by atoms with E-state index in [4.69, 9.17) is 9.47 Å². The highest BCUT2D eigenvalue weighted by Gasteiger charge is 2.16. The normalized spacial score (nSPS) is 17.0. The molecule has 0 unspecified atom stereocenters. The summed E-state index contributed by atoms with van der Waals surface area (Å²) in [5.41, 5.74) is 0. The van der Waals surface area contributed by atoms with Gasteiger partial charge in [0.15, 0.2) is 0 Å². The van der Waals surface area contributed by atoms with Crippen molar-refractivity contribution in [2.45, 2.75) is 6.92 Å². The predicted molar refractivity (Wildman–Crippen MR) is 81.3 cm³/mol. The zero-order valence-corrected chi connectivity index (χ0v) is 12.8. The van der Waals surface area contributed by atoms with Gasteiger partial charge in [0.05, 0.1) is 6.61 Å². The molecule has 0 N–H and O–H groups in total. The lowest BCUT2D eigenvalue weighted by Crippen LogP contribution is -2.48. The minimum absolute atomic E-state index is 0.254. The maximum absolute atomic E-state index is 13.0. The van der Waals surface area contributed by atoms with E-state index in [-0.39, 0.29) is 5.82 Å². The molecule has 0 radical (unpaired) electrons. The first kappa shape index (κ1) is 16.2. The highest BCUT2D eigenvalue weighted by Crippen LogP contribution is 2.12. The number of piperazine rings is 1. The van der Waals surface area contributed by atoms with E-state index in [2.05, 4.69) is 9.80 Å². The van der Waals surface area contributed by atoms with Crippen LogP contribution in [0.5, 0.6) is 5.75 Å². The molecule has 1 aromatic carbocycles. The Labute approximate surface area is 126 Å². The molecular weight excluding hydrogens is 271 g/mol. The number of nitrogens with zero attached hydrogens (tertiary/aromatic N) is 2. The van der Waals surface area contributed by atoms with Gasteiger partial charge in [0.25, 0.3) is 0 Å². The number of hydrogen-bond donors (Lipinski definition) is 0. The second kappa shape index (κ2) is 8.97. The molecule has 1 fully saturated rings. The van der Waals surface area contributed by atoms with E-state index >= 15 is 0 Å². The molecule has 0 saturated carbocycles. The molecule has 2 rings (SSSR count). The van der Waals surface area contributed by atoms with Crippen molar-refractivity contribution in [2.75, 3.05) is 59.1 Å². The summed E-state index contributed by atoms with van der Waals surface area (Å²) in [6, 6.07) is 6.30. The smallest absolute Gasteiger partial charge is 0.126 e. The lowest BCUT2D eigenvalue weighted by Gasteiger charge is -2.34. The van der Waals surface area contributed by atoms with E-state index in [1.54, 1.807) is 12.1 Å². The summed E-state index contributed by atoms with van der Waals surface area (Å²) in [6.07, 6.45) is 0. The van der Waals surface area contributed by atoms with Crippen molar-refractivity contribution in [2.24, 2.45) is 0 Å². The Morgan fingerprint density at radius 3 is 2.33 bits per heavy atom. The third-order valence-corrected chi connectivity index (χ3v) is 3.69. The molecule has 0 aliphatic carbocycles. The second-order valence-corrected chi connectivity index (χ2v) is 5.19. The van der Waals surface area contributed by atoms with Gasteiger partial charge in [-0.1, -0.05) is 6.07 Å². The highest BCUT2D eigenvalue weighted by atomic mass is 19.1. The van der Waals surface area contributed by atoms with Gasteiger partial charge in [-0.3, -0.25) is 9.80 Å². The van der Waals surface area contributed by atoms with Gasteiger partial charge >= 0.3 is 0 Å². The van der Waals surface area contributed by atoms with Crippen molar-refractivity contribution in [1.29, 1.82) is 0 Å². The maximum atomic E-state index is 13.0. The standard InChI is InChI=1S/C16H25FN2O2/c1-2-20-12-10-18-6-8-19(9-7-18)11-13-21-16-5-3-4-15(17)14-16/h3-5,14H,2,6-13H2,1H3. The summed E-state index contributed by atoms with van der Waals surface area (Å²) >= 11 is 0. The zero-order chi connectivity index (χ0) is 14.9. The molecule has 0 amide bonds. The van der Waals surface area contributed by atoms with Crippen molar-refractivity contribution in [1.82, 2.24) is 9.80 Å². The monoisotopic (exact) mass is 296 g/mol. The Morgan fingerprint density at radius 2 is 1.71 bits per heavy atom. The Kier molecular flexibility index (Phi) is 6.92. The SMILES string of the molecule is CCOCCN1CCN(CCOc2cccc(F)c2)CC1. The maximum Gasteiger partial charge on any atom is 0.126 e. The molecule has 21 heavy (non-hydrogen) atoms. The van der Waals surface area contributed by atoms with Crippen LogP contribution in [-0.4, -0.2) is 68.9 Å². The predicted octanol–water partition coefficient (Wildman–Crippen LogP) is 1.86. The fourth-order valence-electron chi connectivity index (χ4n) is 2.42. The van der Waals surface area contributed by atoms with Crippen molar-refractivity contribution in [3.63, 3.8) is 0 Å². The van der Waals surface area contributed by atoms with Crippen molar-refractivity contribution < 1.29 is 13.9 Å². The van der Waals surface area contributed by atoms with Crippen LogP contribution in [0.4, 0.5) is 4.39 Å². The number of rotatable bonds is 8. The summed E-state index contributed by atoms with van der Waals surface area (Å²) in [5, 5.41) is 0. The summed E-state index contributed by atoms with van der Waals surface area (Å²) < 4.78 is 24.0. The number of ether oxygens (including phenoxy) is 2. The van der Waals surface area contributed by atoms with Crippen LogP contribution < -0.4 is 4.74 Å². The zero-order valence-electron chi connectivity index (χ0n) is 12.8. The van der Waals surface area contributed by atoms with E-state index in [0.717, 1.165) is 52.5 Å². The van der Waals surface area contributed by atoms with Gasteiger partial charge in [-0.15, -0.1) is 0 Å². The average molecular weight is 296 g/mol. The quantitative estimate of drug-likeness (QED) is 0.684. The van der Waals surface area contributed by atoms with Gasteiger partial charge in [-0.2, -0.15) is 0 Å². The van der Waals surface area contributed by atoms with Gasteiger partial charge in [0, 0.05) is 51.9 Å². The Morgan fingerprint density at radius 1 is 1.05 bits per heavy atom. The van der Waals surface area contributed by atoms with Crippen LogP contribution in [0.3, 0.4) is 0 Å². The average Bonchev–Trinajstić information content (AvgIpc) is 2.49. The van der Waals surface area contributed by atoms with E-state index in [1.165, 1.54) is 12.1 Å². The molecular formula is C16H25FN2O2. The van der Waals surface area contributed by atoms with Crippen LogP contribution in [0.2, 0.25) is 0 Å². The van der Waals surface area contributed by atoms with Gasteiger partial charge < -0.3 is 9.47 Å². The summed E-state index contributed by atoms with van der Waals surface area (Å²) in [7, 11) is 0. The molecule has 1 heterocycles. The summed E-state index contributed by atoms with van der Waals surface area (Å²) in [5.74, 6) is 0.348. The Hall–Kier alpha value is -1.17. The molecule has 118 valence electrons. The van der Waals surface area contributed by atoms with E-state index in [9.17, 15) is 4.39 Å². The fraction of sp³-hybridized carbons (Fsp3) is 0.625. The minimum atomic E-state index is -0.254. The first-order chi connectivity index (χ1) is 10.3. The van der Waals surface area contributed by atoms with Crippen LogP contribution in [0, 0.1) is 5.82 Å². The van der Waals surface area contributed by atoms with Crippen molar-refractivity contribution in [3.8, 4) is 5.75 Å². The Balaban J connectivity index is 1.58. The van der Waals surface area contributed by atoms with Crippen molar-refractivity contribution >= 4 is 0 Å². The second-order valence-electron chi connectivity index (χ2n) is 5.19. The number of benzene rings is 1. The van der Waals surface area contributed by atoms with E-state index < -0.39 is 0 Å². The van der Waals surface area contributed by atoms with Crippen molar-refractivity contribution in [3.05, 3.63) is 30.1 Å². The van der Waals surface area contributed by atoms with Crippen LogP contribution in [0.15, 0.2) is 24.3 Å². The lowest BCUT2D eigenvalue weighted by molar-refractivity contribution is 0.0759. The summed E-state index contributed by atoms with van der Waals surface area (Å²) in [4.78, 5) is 4.82. The molecule has 0 bridgehead atoms. The molecule has 1 saturated heterocycles. The van der Waals surface area contributed by atoms with Crippen LogP contribution >= 0.6 is 0 Å². The molecule has 1 aromatic rings. The van der Waals surface area contributed by atoms with E-state index in [1.807, 2.05) is 6.92 Å². The third kappa shape index (κ3) is 5.99. The molecule has 5 heteroatoms. The largest absolute Gasteiger partial charge is 0.492 e. The minimum Gasteiger partial charge on any atom is -0.492 e.